The lowest BCUT2D eigenvalue weighted by atomic mass is 9.83. The van der Waals surface area contributed by atoms with Crippen molar-refractivity contribution >= 4 is 23.1 Å². The molecule has 1 aliphatic heterocycles. The first-order valence-electron chi connectivity index (χ1n) is 10.2. The van der Waals surface area contributed by atoms with Crippen molar-refractivity contribution in [2.24, 2.45) is 16.6 Å². The Labute approximate surface area is 170 Å². The van der Waals surface area contributed by atoms with Gasteiger partial charge in [-0.05, 0) is 38.0 Å². The van der Waals surface area contributed by atoms with E-state index >= 15 is 0 Å². The van der Waals surface area contributed by atoms with Gasteiger partial charge in [0.25, 0.3) is 5.91 Å². The zero-order valence-corrected chi connectivity index (χ0v) is 16.7. The number of benzene rings is 1. The molecule has 2 N–H and O–H groups in total. The number of hydrogen-bond acceptors (Lipinski definition) is 5. The van der Waals surface area contributed by atoms with Gasteiger partial charge in [-0.25, -0.2) is 0 Å². The molecule has 6 heteroatoms. The fourth-order valence-electron chi connectivity index (χ4n) is 4.38. The number of nitrogens with zero attached hydrogens (tertiary/aromatic N) is 3. The third kappa shape index (κ3) is 3.85. The average Bonchev–Trinajstić information content (AvgIpc) is 2.85. The summed E-state index contributed by atoms with van der Waals surface area (Å²) in [5.74, 6) is -0.0261. The number of anilines is 1. The van der Waals surface area contributed by atoms with Gasteiger partial charge < -0.3 is 10.6 Å². The molecule has 2 heterocycles. The third-order valence-corrected chi connectivity index (χ3v) is 5.84. The number of amides is 1. The number of carbonyl (C=O) groups excluding carboxylic acids is 2. The van der Waals surface area contributed by atoms with Crippen LogP contribution in [0.15, 0.2) is 47.6 Å². The summed E-state index contributed by atoms with van der Waals surface area (Å²) in [7, 11) is 0. The number of nitrogens with two attached hydrogens (primary N) is 1. The number of pyridine rings is 1. The van der Waals surface area contributed by atoms with Crippen LogP contribution in [0.4, 0.5) is 5.69 Å². The summed E-state index contributed by atoms with van der Waals surface area (Å²) < 4.78 is 0. The Morgan fingerprint density at radius 1 is 1.14 bits per heavy atom. The number of carbonyl (C=O) groups is 2. The highest BCUT2D eigenvalue weighted by molar-refractivity contribution is 6.13. The zero-order chi connectivity index (χ0) is 20.4. The Morgan fingerprint density at radius 2 is 1.90 bits per heavy atom. The Morgan fingerprint density at radius 3 is 2.66 bits per heavy atom. The van der Waals surface area contributed by atoms with Crippen LogP contribution in [0.3, 0.4) is 0 Å². The van der Waals surface area contributed by atoms with E-state index in [9.17, 15) is 9.59 Å². The normalized spacial score (nSPS) is 20.1. The molecule has 1 fully saturated rings. The van der Waals surface area contributed by atoms with Crippen molar-refractivity contribution in [3.05, 3.63) is 59.4 Å². The van der Waals surface area contributed by atoms with Crippen molar-refractivity contribution < 1.29 is 9.59 Å². The van der Waals surface area contributed by atoms with E-state index in [-0.39, 0.29) is 18.2 Å². The summed E-state index contributed by atoms with van der Waals surface area (Å²) in [4.78, 5) is 35.9. The van der Waals surface area contributed by atoms with E-state index in [4.69, 9.17) is 5.73 Å². The second-order valence-corrected chi connectivity index (χ2v) is 7.79. The molecule has 2 aromatic rings. The molecule has 1 aromatic carbocycles. The molecule has 0 bridgehead atoms. The molecule has 1 saturated carbocycles. The maximum atomic E-state index is 13.2. The highest BCUT2D eigenvalue weighted by Gasteiger charge is 2.33. The molecule has 1 aliphatic carbocycles. The van der Waals surface area contributed by atoms with Crippen LogP contribution in [0.25, 0.3) is 0 Å². The van der Waals surface area contributed by atoms with E-state index in [1.54, 1.807) is 23.2 Å². The van der Waals surface area contributed by atoms with Crippen LogP contribution >= 0.6 is 0 Å². The molecule has 2 aliphatic rings. The molecule has 0 spiro atoms. The van der Waals surface area contributed by atoms with E-state index in [1.807, 2.05) is 24.3 Å². The molecule has 1 aromatic heterocycles. The van der Waals surface area contributed by atoms with Gasteiger partial charge >= 0.3 is 0 Å². The summed E-state index contributed by atoms with van der Waals surface area (Å²) in [6, 6.07) is 11.3. The summed E-state index contributed by atoms with van der Waals surface area (Å²) in [5, 5.41) is 0. The average molecular weight is 390 g/mol. The fraction of sp³-hybridized carbons (Fsp3) is 0.391. The summed E-state index contributed by atoms with van der Waals surface area (Å²) >= 11 is 0. The van der Waals surface area contributed by atoms with Crippen LogP contribution in [0.2, 0.25) is 0 Å². The standard InChI is InChI=1S/C23H26N4O2/c1-15(28)17-11-7-13-25-19(17)14-27-20-12-6-5-10-18(20)21(26-22(24)23(27)29)16-8-3-2-4-9-16/h5-7,10-13,16,22H,2-4,8-9,14,24H2,1H3/t22-/m0/s1. The number of fused-ring (bicyclic) bond motifs is 1. The summed E-state index contributed by atoms with van der Waals surface area (Å²) in [6.45, 7) is 1.70. The summed E-state index contributed by atoms with van der Waals surface area (Å²) in [6.07, 6.45) is 6.42. The van der Waals surface area contributed by atoms with Crippen LogP contribution in [0.1, 0.15) is 60.6 Å². The number of aromatic nitrogens is 1. The van der Waals surface area contributed by atoms with E-state index in [0.717, 1.165) is 29.8 Å². The Bertz CT molecular complexity index is 963. The van der Waals surface area contributed by atoms with Crippen LogP contribution in [0.5, 0.6) is 0 Å². The van der Waals surface area contributed by atoms with Gasteiger partial charge in [-0.15, -0.1) is 0 Å². The Balaban J connectivity index is 1.77. The number of ketones is 1. The molecule has 1 amide bonds. The van der Waals surface area contributed by atoms with Gasteiger partial charge in [0, 0.05) is 29.0 Å². The van der Waals surface area contributed by atoms with Gasteiger partial charge in [-0.1, -0.05) is 37.5 Å². The van der Waals surface area contributed by atoms with Crippen LogP contribution in [-0.4, -0.2) is 28.6 Å². The highest BCUT2D eigenvalue weighted by atomic mass is 16.2. The van der Waals surface area contributed by atoms with Gasteiger partial charge in [0.1, 0.15) is 0 Å². The fourth-order valence-corrected chi connectivity index (χ4v) is 4.38. The molecule has 0 radical (unpaired) electrons. The van der Waals surface area contributed by atoms with E-state index < -0.39 is 6.17 Å². The molecular weight excluding hydrogens is 364 g/mol. The lowest BCUT2D eigenvalue weighted by Gasteiger charge is -2.26. The van der Waals surface area contributed by atoms with Gasteiger partial charge in [-0.2, -0.15) is 0 Å². The third-order valence-electron chi connectivity index (χ3n) is 5.84. The van der Waals surface area contributed by atoms with E-state index in [0.29, 0.717) is 17.2 Å². The van der Waals surface area contributed by atoms with Gasteiger partial charge in [0.05, 0.1) is 17.9 Å². The minimum absolute atomic E-state index is 0.0768. The number of hydrogen-bond donors (Lipinski definition) is 1. The monoisotopic (exact) mass is 390 g/mol. The Kier molecular flexibility index (Phi) is 5.53. The molecular formula is C23H26N4O2. The number of rotatable bonds is 4. The second kappa shape index (κ2) is 8.25. The number of aliphatic imine (C=N–C) groups is 1. The minimum Gasteiger partial charge on any atom is -0.303 e. The van der Waals surface area contributed by atoms with Gasteiger partial charge in [-0.3, -0.25) is 19.6 Å². The van der Waals surface area contributed by atoms with Crippen LogP contribution < -0.4 is 10.6 Å². The van der Waals surface area contributed by atoms with Gasteiger partial charge in [0.2, 0.25) is 0 Å². The second-order valence-electron chi connectivity index (χ2n) is 7.79. The smallest absolute Gasteiger partial charge is 0.266 e. The topological polar surface area (TPSA) is 88.7 Å². The van der Waals surface area contributed by atoms with Crippen molar-refractivity contribution in [3.63, 3.8) is 0 Å². The van der Waals surface area contributed by atoms with Crippen molar-refractivity contribution in [1.29, 1.82) is 0 Å². The minimum atomic E-state index is -0.955. The van der Waals surface area contributed by atoms with Crippen molar-refractivity contribution in [3.8, 4) is 0 Å². The highest BCUT2D eigenvalue weighted by Crippen LogP contribution is 2.34. The van der Waals surface area contributed by atoms with Crippen LogP contribution in [0, 0.1) is 5.92 Å². The van der Waals surface area contributed by atoms with Crippen molar-refractivity contribution in [1.82, 2.24) is 4.98 Å². The van der Waals surface area contributed by atoms with Gasteiger partial charge in [0.15, 0.2) is 11.9 Å². The first kappa shape index (κ1) is 19.5. The number of Topliss-reactive ketones (excluding diaryl/α,β-unsaturated/α-hetero) is 1. The molecule has 150 valence electrons. The van der Waals surface area contributed by atoms with E-state index in [1.165, 1.54) is 26.2 Å². The molecule has 4 rings (SSSR count). The first-order chi connectivity index (χ1) is 14.1. The molecule has 29 heavy (non-hydrogen) atoms. The lowest BCUT2D eigenvalue weighted by Crippen LogP contribution is -2.42. The Hall–Kier alpha value is -2.86. The van der Waals surface area contributed by atoms with Crippen molar-refractivity contribution in [2.45, 2.75) is 51.7 Å². The lowest BCUT2D eigenvalue weighted by molar-refractivity contribution is -0.119. The zero-order valence-electron chi connectivity index (χ0n) is 16.7. The van der Waals surface area contributed by atoms with E-state index in [2.05, 4.69) is 9.98 Å². The largest absolute Gasteiger partial charge is 0.303 e. The summed E-state index contributed by atoms with van der Waals surface area (Å²) in [5.41, 5.74) is 10.0. The molecule has 0 saturated heterocycles. The molecule has 1 atom stereocenters. The predicted molar refractivity (Wildman–Crippen MR) is 113 cm³/mol. The first-order valence-corrected chi connectivity index (χ1v) is 10.2. The quantitative estimate of drug-likeness (QED) is 0.810. The van der Waals surface area contributed by atoms with Crippen LogP contribution in [-0.2, 0) is 11.3 Å². The number of para-hydroxylation sites is 1. The molecule has 0 unspecified atom stereocenters. The SMILES string of the molecule is CC(=O)c1cccnc1CN1C(=O)[C@@H](N)N=C(C2CCCCC2)c2ccccc21. The predicted octanol–water partition coefficient (Wildman–Crippen LogP) is 3.49. The molecule has 6 nitrogen and oxygen atoms in total. The maximum absolute atomic E-state index is 13.2. The van der Waals surface area contributed by atoms with Crippen molar-refractivity contribution in [2.75, 3.05) is 4.90 Å². The number of benzodiazepines with no additional fused rings is 1. The maximum Gasteiger partial charge on any atom is 0.266 e.